The van der Waals surface area contributed by atoms with E-state index in [1.165, 1.54) is 0 Å². The SMILES string of the molecule is CCOc1ccc(/C=C/C(=O)Nc2c(C(C)C)cccc2C(C)C)cc1OC. The standard InChI is InChI=1S/C24H31NO3/c1-7-28-21-13-11-18(15-22(21)27-6)12-14-23(26)25-24-19(16(2)3)9-8-10-20(24)17(4)5/h8-17H,7H2,1-6H3,(H,25,26)/b14-12+. The third kappa shape index (κ3) is 5.38. The molecule has 0 unspecified atom stereocenters. The minimum Gasteiger partial charge on any atom is -0.493 e. The van der Waals surface area contributed by atoms with Crippen molar-refractivity contribution in [3.63, 3.8) is 0 Å². The van der Waals surface area contributed by atoms with Crippen molar-refractivity contribution in [2.75, 3.05) is 19.0 Å². The van der Waals surface area contributed by atoms with Crippen molar-refractivity contribution in [2.45, 2.75) is 46.5 Å². The Morgan fingerprint density at radius 1 is 1.04 bits per heavy atom. The first kappa shape index (κ1) is 21.5. The first-order chi connectivity index (χ1) is 13.4. The number of carbonyl (C=O) groups is 1. The minimum atomic E-state index is -0.150. The number of ether oxygens (including phenoxy) is 2. The lowest BCUT2D eigenvalue weighted by Crippen LogP contribution is -2.13. The van der Waals surface area contributed by atoms with Crippen molar-refractivity contribution in [1.82, 2.24) is 0 Å². The number of nitrogens with one attached hydrogen (secondary N) is 1. The molecule has 2 rings (SSSR count). The van der Waals surface area contributed by atoms with Crippen LogP contribution in [0.2, 0.25) is 0 Å². The highest BCUT2D eigenvalue weighted by atomic mass is 16.5. The average molecular weight is 382 g/mol. The van der Waals surface area contributed by atoms with Crippen LogP contribution in [0, 0.1) is 0 Å². The summed E-state index contributed by atoms with van der Waals surface area (Å²) in [4.78, 5) is 12.6. The molecule has 2 aromatic rings. The molecule has 0 spiro atoms. The summed E-state index contributed by atoms with van der Waals surface area (Å²) in [5, 5.41) is 3.09. The molecule has 2 aromatic carbocycles. The summed E-state index contributed by atoms with van der Waals surface area (Å²) < 4.78 is 10.9. The second-order valence-corrected chi connectivity index (χ2v) is 7.29. The lowest BCUT2D eigenvalue weighted by atomic mass is 9.92. The van der Waals surface area contributed by atoms with Crippen LogP contribution in [0.1, 0.15) is 63.1 Å². The van der Waals surface area contributed by atoms with E-state index in [0.717, 1.165) is 22.4 Å². The van der Waals surface area contributed by atoms with E-state index in [-0.39, 0.29) is 5.91 Å². The van der Waals surface area contributed by atoms with Crippen molar-refractivity contribution in [3.05, 3.63) is 59.2 Å². The van der Waals surface area contributed by atoms with Gasteiger partial charge in [0.25, 0.3) is 0 Å². The molecule has 1 N–H and O–H groups in total. The summed E-state index contributed by atoms with van der Waals surface area (Å²) in [6, 6.07) is 11.8. The van der Waals surface area contributed by atoms with Gasteiger partial charge < -0.3 is 14.8 Å². The maximum Gasteiger partial charge on any atom is 0.248 e. The molecule has 150 valence electrons. The van der Waals surface area contributed by atoms with Crippen LogP contribution >= 0.6 is 0 Å². The van der Waals surface area contributed by atoms with Gasteiger partial charge in [-0.3, -0.25) is 4.79 Å². The molecular formula is C24H31NO3. The van der Waals surface area contributed by atoms with Crippen molar-refractivity contribution < 1.29 is 14.3 Å². The molecule has 0 atom stereocenters. The zero-order chi connectivity index (χ0) is 20.7. The Hall–Kier alpha value is -2.75. The number of rotatable bonds is 8. The molecule has 0 bridgehead atoms. The van der Waals surface area contributed by atoms with E-state index >= 15 is 0 Å². The Labute approximate surface area is 168 Å². The van der Waals surface area contributed by atoms with Gasteiger partial charge in [-0.15, -0.1) is 0 Å². The van der Waals surface area contributed by atoms with Crippen LogP contribution in [0.4, 0.5) is 5.69 Å². The molecule has 0 saturated heterocycles. The van der Waals surface area contributed by atoms with Crippen LogP contribution in [0.3, 0.4) is 0 Å². The van der Waals surface area contributed by atoms with Gasteiger partial charge in [-0.05, 0) is 53.7 Å². The third-order valence-corrected chi connectivity index (χ3v) is 4.54. The van der Waals surface area contributed by atoms with E-state index in [1.54, 1.807) is 19.3 Å². The normalized spacial score (nSPS) is 11.3. The van der Waals surface area contributed by atoms with E-state index in [9.17, 15) is 4.79 Å². The van der Waals surface area contributed by atoms with Gasteiger partial charge in [0.2, 0.25) is 5.91 Å². The summed E-state index contributed by atoms with van der Waals surface area (Å²) in [6.07, 6.45) is 3.33. The molecule has 0 aromatic heterocycles. The predicted octanol–water partition coefficient (Wildman–Crippen LogP) is 5.99. The van der Waals surface area contributed by atoms with Crippen LogP contribution < -0.4 is 14.8 Å². The molecule has 0 aliphatic rings. The molecule has 0 aliphatic heterocycles. The summed E-state index contributed by atoms with van der Waals surface area (Å²) in [5.41, 5.74) is 4.09. The summed E-state index contributed by atoms with van der Waals surface area (Å²) in [7, 11) is 1.61. The fourth-order valence-corrected chi connectivity index (χ4v) is 3.09. The zero-order valence-electron chi connectivity index (χ0n) is 17.7. The third-order valence-electron chi connectivity index (χ3n) is 4.54. The van der Waals surface area contributed by atoms with Gasteiger partial charge >= 0.3 is 0 Å². The largest absolute Gasteiger partial charge is 0.493 e. The first-order valence-corrected chi connectivity index (χ1v) is 9.80. The molecule has 0 aliphatic carbocycles. The molecule has 1 amide bonds. The maximum atomic E-state index is 12.6. The fraction of sp³-hybridized carbons (Fsp3) is 0.375. The monoisotopic (exact) mass is 381 g/mol. The average Bonchev–Trinajstić information content (AvgIpc) is 2.67. The zero-order valence-corrected chi connectivity index (χ0v) is 17.7. The first-order valence-electron chi connectivity index (χ1n) is 9.80. The minimum absolute atomic E-state index is 0.150. The predicted molar refractivity (Wildman–Crippen MR) is 116 cm³/mol. The van der Waals surface area contributed by atoms with E-state index < -0.39 is 0 Å². The van der Waals surface area contributed by atoms with Gasteiger partial charge in [0.15, 0.2) is 11.5 Å². The van der Waals surface area contributed by atoms with Crippen LogP contribution in [0.25, 0.3) is 6.08 Å². The lowest BCUT2D eigenvalue weighted by molar-refractivity contribution is -0.111. The number of hydrogen-bond acceptors (Lipinski definition) is 3. The van der Waals surface area contributed by atoms with E-state index in [4.69, 9.17) is 9.47 Å². The van der Waals surface area contributed by atoms with Crippen LogP contribution in [-0.2, 0) is 4.79 Å². The van der Waals surface area contributed by atoms with Crippen LogP contribution in [0.15, 0.2) is 42.5 Å². The van der Waals surface area contributed by atoms with Gasteiger partial charge in [-0.25, -0.2) is 0 Å². The number of hydrogen-bond donors (Lipinski definition) is 1. The Bertz CT molecular complexity index is 811. The Balaban J connectivity index is 2.23. The van der Waals surface area contributed by atoms with E-state index in [2.05, 4.69) is 51.2 Å². The molecule has 0 saturated carbocycles. The van der Waals surface area contributed by atoms with Crippen LogP contribution in [0.5, 0.6) is 11.5 Å². The van der Waals surface area contributed by atoms with E-state index in [1.807, 2.05) is 25.1 Å². The maximum absolute atomic E-state index is 12.6. The molecule has 28 heavy (non-hydrogen) atoms. The number of amides is 1. The summed E-state index contributed by atoms with van der Waals surface area (Å²) >= 11 is 0. The van der Waals surface area contributed by atoms with Gasteiger partial charge in [0.1, 0.15) is 0 Å². The van der Waals surface area contributed by atoms with Gasteiger partial charge in [0.05, 0.1) is 13.7 Å². The quantitative estimate of drug-likeness (QED) is 0.571. The number of anilines is 1. The van der Waals surface area contributed by atoms with Crippen molar-refractivity contribution in [1.29, 1.82) is 0 Å². The smallest absolute Gasteiger partial charge is 0.248 e. The lowest BCUT2D eigenvalue weighted by Gasteiger charge is -2.19. The van der Waals surface area contributed by atoms with Crippen LogP contribution in [-0.4, -0.2) is 19.6 Å². The molecule has 4 heteroatoms. The van der Waals surface area contributed by atoms with Crippen molar-refractivity contribution in [2.24, 2.45) is 0 Å². The number of para-hydroxylation sites is 1. The number of benzene rings is 2. The van der Waals surface area contributed by atoms with Crippen molar-refractivity contribution >= 4 is 17.7 Å². The molecule has 0 radical (unpaired) electrons. The summed E-state index contributed by atoms with van der Waals surface area (Å²) in [6.45, 7) is 11.0. The Kier molecular flexibility index (Phi) is 7.68. The molecule has 4 nitrogen and oxygen atoms in total. The Morgan fingerprint density at radius 2 is 1.68 bits per heavy atom. The molecular weight excluding hydrogens is 350 g/mol. The number of carbonyl (C=O) groups excluding carboxylic acids is 1. The van der Waals surface area contributed by atoms with Crippen molar-refractivity contribution in [3.8, 4) is 11.5 Å². The number of methoxy groups -OCH3 is 1. The second-order valence-electron chi connectivity index (χ2n) is 7.29. The fourth-order valence-electron chi connectivity index (χ4n) is 3.09. The molecule has 0 heterocycles. The molecule has 0 fully saturated rings. The van der Waals surface area contributed by atoms with Gasteiger partial charge in [-0.1, -0.05) is 52.0 Å². The summed E-state index contributed by atoms with van der Waals surface area (Å²) in [5.74, 6) is 1.85. The highest BCUT2D eigenvalue weighted by molar-refractivity contribution is 6.03. The van der Waals surface area contributed by atoms with Gasteiger partial charge in [-0.2, -0.15) is 0 Å². The highest BCUT2D eigenvalue weighted by Gasteiger charge is 2.15. The van der Waals surface area contributed by atoms with Gasteiger partial charge in [0, 0.05) is 11.8 Å². The highest BCUT2D eigenvalue weighted by Crippen LogP contribution is 2.32. The Morgan fingerprint density at radius 3 is 2.21 bits per heavy atom. The second kappa shape index (κ2) is 9.98. The van der Waals surface area contributed by atoms with E-state index in [0.29, 0.717) is 29.9 Å². The topological polar surface area (TPSA) is 47.6 Å².